The van der Waals surface area contributed by atoms with Gasteiger partial charge in [0.25, 0.3) is 5.91 Å². The number of methoxy groups -OCH3 is 2. The fourth-order valence-electron chi connectivity index (χ4n) is 2.37. The number of hydrogen-bond acceptors (Lipinski definition) is 8. The summed E-state index contributed by atoms with van der Waals surface area (Å²) in [5.74, 6) is 2.34. The van der Waals surface area contributed by atoms with Crippen LogP contribution in [0.5, 0.6) is 11.5 Å². The van der Waals surface area contributed by atoms with Crippen molar-refractivity contribution in [3.63, 3.8) is 0 Å². The van der Waals surface area contributed by atoms with Gasteiger partial charge in [0.1, 0.15) is 23.6 Å². The Kier molecular flexibility index (Phi) is 5.50. The number of amides is 1. The summed E-state index contributed by atoms with van der Waals surface area (Å²) in [4.78, 5) is 20.4. The molecule has 3 aromatic rings. The van der Waals surface area contributed by atoms with Crippen molar-refractivity contribution in [1.82, 2.24) is 15.1 Å². The quantitative estimate of drug-likeness (QED) is 0.654. The summed E-state index contributed by atoms with van der Waals surface area (Å²) < 4.78 is 15.4. The van der Waals surface area contributed by atoms with E-state index < -0.39 is 5.91 Å². The van der Waals surface area contributed by atoms with Crippen LogP contribution in [0.2, 0.25) is 0 Å². The van der Waals surface area contributed by atoms with Crippen molar-refractivity contribution in [2.75, 3.05) is 24.9 Å². The summed E-state index contributed by atoms with van der Waals surface area (Å²) in [6.45, 7) is 2.23. The largest absolute Gasteiger partial charge is 0.493 e. The van der Waals surface area contributed by atoms with Crippen LogP contribution in [0, 0.1) is 6.92 Å². The summed E-state index contributed by atoms with van der Waals surface area (Å²) in [5, 5.41) is 9.49. The van der Waals surface area contributed by atoms with Gasteiger partial charge in [-0.1, -0.05) is 11.2 Å². The van der Waals surface area contributed by atoms with Gasteiger partial charge in [0.05, 0.1) is 14.2 Å². The van der Waals surface area contributed by atoms with E-state index in [4.69, 9.17) is 14.0 Å². The van der Waals surface area contributed by atoms with E-state index in [1.54, 1.807) is 33.3 Å². The molecule has 0 radical (unpaired) electrons. The van der Waals surface area contributed by atoms with E-state index in [-0.39, 0.29) is 5.69 Å². The fraction of sp³-hybridized carbons (Fsp3) is 0.222. The highest BCUT2D eigenvalue weighted by molar-refractivity contribution is 6.02. The first-order chi connectivity index (χ1) is 13.1. The third-order valence-electron chi connectivity index (χ3n) is 3.69. The van der Waals surface area contributed by atoms with Crippen LogP contribution in [-0.2, 0) is 6.54 Å². The van der Waals surface area contributed by atoms with E-state index in [2.05, 4.69) is 25.8 Å². The second-order valence-electron chi connectivity index (χ2n) is 5.61. The molecule has 0 saturated carbocycles. The first kappa shape index (κ1) is 18.2. The van der Waals surface area contributed by atoms with Gasteiger partial charge < -0.3 is 24.6 Å². The number of anilines is 2. The fourth-order valence-corrected chi connectivity index (χ4v) is 2.37. The number of nitrogens with one attached hydrogen (secondary N) is 2. The molecule has 1 amide bonds. The van der Waals surface area contributed by atoms with Crippen molar-refractivity contribution < 1.29 is 18.8 Å². The Hall–Kier alpha value is -3.62. The zero-order chi connectivity index (χ0) is 19.2. The van der Waals surface area contributed by atoms with Gasteiger partial charge >= 0.3 is 0 Å². The van der Waals surface area contributed by atoms with E-state index >= 15 is 0 Å². The van der Waals surface area contributed by atoms with E-state index in [1.165, 1.54) is 6.33 Å². The van der Waals surface area contributed by atoms with Crippen molar-refractivity contribution in [2.45, 2.75) is 13.5 Å². The van der Waals surface area contributed by atoms with Gasteiger partial charge in [-0.3, -0.25) is 4.79 Å². The average Bonchev–Trinajstić information content (AvgIpc) is 3.10. The van der Waals surface area contributed by atoms with Crippen molar-refractivity contribution in [1.29, 1.82) is 0 Å². The van der Waals surface area contributed by atoms with Crippen LogP contribution < -0.4 is 20.1 Å². The smallest absolute Gasteiger partial charge is 0.275 e. The van der Waals surface area contributed by atoms with Gasteiger partial charge in [-0.2, -0.15) is 0 Å². The summed E-state index contributed by atoms with van der Waals surface area (Å²) in [5.41, 5.74) is 1.18. The number of carbonyl (C=O) groups excluding carboxylic acids is 1. The van der Waals surface area contributed by atoms with Crippen LogP contribution in [0.25, 0.3) is 0 Å². The third-order valence-corrected chi connectivity index (χ3v) is 3.69. The number of carbonyl (C=O) groups is 1. The van der Waals surface area contributed by atoms with Crippen LogP contribution in [0.1, 0.15) is 21.8 Å². The van der Waals surface area contributed by atoms with Gasteiger partial charge in [-0.15, -0.1) is 0 Å². The van der Waals surface area contributed by atoms with Crippen molar-refractivity contribution in [2.24, 2.45) is 0 Å². The average molecular weight is 369 g/mol. The van der Waals surface area contributed by atoms with Gasteiger partial charge in [0, 0.05) is 18.7 Å². The maximum atomic E-state index is 12.3. The Morgan fingerprint density at radius 1 is 1.07 bits per heavy atom. The van der Waals surface area contributed by atoms with Crippen LogP contribution >= 0.6 is 0 Å². The van der Waals surface area contributed by atoms with Crippen LogP contribution in [-0.4, -0.2) is 35.3 Å². The second-order valence-corrected chi connectivity index (χ2v) is 5.61. The Morgan fingerprint density at radius 2 is 1.89 bits per heavy atom. The summed E-state index contributed by atoms with van der Waals surface area (Å²) in [7, 11) is 3.17. The number of ether oxygens (including phenoxy) is 2. The number of rotatable bonds is 7. The van der Waals surface area contributed by atoms with Crippen LogP contribution in [0.15, 0.2) is 41.2 Å². The molecule has 0 atom stereocenters. The van der Waals surface area contributed by atoms with Crippen LogP contribution in [0.3, 0.4) is 0 Å². The molecule has 0 unspecified atom stereocenters. The lowest BCUT2D eigenvalue weighted by molar-refractivity contribution is 0.102. The molecule has 0 aliphatic heterocycles. The summed E-state index contributed by atoms with van der Waals surface area (Å²) >= 11 is 0. The molecule has 0 saturated heterocycles. The molecule has 0 fully saturated rings. The highest BCUT2D eigenvalue weighted by Gasteiger charge is 2.12. The maximum absolute atomic E-state index is 12.3. The number of aryl methyl sites for hydroxylation is 1. The number of aromatic nitrogens is 3. The first-order valence-electron chi connectivity index (χ1n) is 8.10. The van der Waals surface area contributed by atoms with Gasteiger partial charge in [0.2, 0.25) is 0 Å². The first-order valence-corrected chi connectivity index (χ1v) is 8.10. The molecule has 1 aromatic carbocycles. The minimum Gasteiger partial charge on any atom is -0.493 e. The molecule has 2 heterocycles. The van der Waals surface area contributed by atoms with Crippen molar-refractivity contribution in [3.8, 4) is 11.5 Å². The minimum atomic E-state index is -0.403. The Morgan fingerprint density at radius 3 is 2.59 bits per heavy atom. The molecular formula is C18H19N5O4. The van der Waals surface area contributed by atoms with E-state index in [9.17, 15) is 4.79 Å². The van der Waals surface area contributed by atoms with E-state index in [0.717, 1.165) is 5.56 Å². The zero-order valence-corrected chi connectivity index (χ0v) is 15.1. The SMILES string of the molecule is COc1ccc(CNc2cc(C(=O)Nc3cc(C)on3)ncn2)cc1OC. The van der Waals surface area contributed by atoms with Gasteiger partial charge in [0.15, 0.2) is 17.3 Å². The highest BCUT2D eigenvalue weighted by atomic mass is 16.5. The summed E-state index contributed by atoms with van der Waals surface area (Å²) in [6, 6.07) is 8.79. The molecule has 0 aliphatic carbocycles. The molecule has 0 bridgehead atoms. The van der Waals surface area contributed by atoms with E-state index in [1.807, 2.05) is 18.2 Å². The molecule has 0 aliphatic rings. The minimum absolute atomic E-state index is 0.209. The van der Waals surface area contributed by atoms with Gasteiger partial charge in [-0.05, 0) is 24.6 Å². The lowest BCUT2D eigenvalue weighted by Crippen LogP contribution is -2.15. The normalized spacial score (nSPS) is 10.3. The highest BCUT2D eigenvalue weighted by Crippen LogP contribution is 2.27. The molecule has 27 heavy (non-hydrogen) atoms. The second kappa shape index (κ2) is 8.17. The lowest BCUT2D eigenvalue weighted by atomic mass is 10.2. The Labute approximate surface area is 155 Å². The standard InChI is InChI=1S/C18H19N5O4/c1-11-6-17(23-27-11)22-18(24)13-8-16(21-10-20-13)19-9-12-4-5-14(25-2)15(7-12)26-3/h4-8,10H,9H2,1-3H3,(H,19,20,21)(H,22,23,24). The van der Waals surface area contributed by atoms with Crippen LogP contribution in [0.4, 0.5) is 11.6 Å². The topological polar surface area (TPSA) is 111 Å². The molecule has 140 valence electrons. The maximum Gasteiger partial charge on any atom is 0.275 e. The number of nitrogens with zero attached hydrogens (tertiary/aromatic N) is 3. The lowest BCUT2D eigenvalue weighted by Gasteiger charge is -2.11. The third kappa shape index (κ3) is 4.51. The molecule has 2 aromatic heterocycles. The van der Waals surface area contributed by atoms with Crippen molar-refractivity contribution >= 4 is 17.5 Å². The van der Waals surface area contributed by atoms with Crippen molar-refractivity contribution in [3.05, 3.63) is 53.7 Å². The molecule has 2 N–H and O–H groups in total. The monoisotopic (exact) mass is 369 g/mol. The Balaban J connectivity index is 1.66. The Bertz CT molecular complexity index is 941. The molecule has 0 spiro atoms. The van der Waals surface area contributed by atoms with Gasteiger partial charge in [-0.25, -0.2) is 9.97 Å². The molecule has 3 rings (SSSR count). The zero-order valence-electron chi connectivity index (χ0n) is 15.1. The molecule has 9 heteroatoms. The number of benzene rings is 1. The predicted octanol–water partition coefficient (Wildman–Crippen LogP) is 2.65. The van der Waals surface area contributed by atoms with E-state index in [0.29, 0.717) is 35.4 Å². The summed E-state index contributed by atoms with van der Waals surface area (Å²) in [6.07, 6.45) is 1.32. The molecular weight excluding hydrogens is 350 g/mol. The molecule has 9 nitrogen and oxygen atoms in total. The predicted molar refractivity (Wildman–Crippen MR) is 98.1 cm³/mol. The number of hydrogen-bond donors (Lipinski definition) is 2.